The van der Waals surface area contributed by atoms with Gasteiger partial charge < -0.3 is 10.2 Å². The van der Waals surface area contributed by atoms with Crippen LogP contribution >= 0.6 is 24.0 Å². The van der Waals surface area contributed by atoms with Crippen LogP contribution in [0.1, 0.15) is 11.3 Å². The highest BCUT2D eigenvalue weighted by molar-refractivity contribution is 7.99. The Balaban J connectivity index is 2.17. The molecule has 25 heavy (non-hydrogen) atoms. The van der Waals surface area contributed by atoms with Gasteiger partial charge in [-0.3, -0.25) is 0 Å². The van der Waals surface area contributed by atoms with E-state index in [9.17, 15) is 13.2 Å². The smallest absolute Gasteiger partial charge is 0.355 e. The van der Waals surface area contributed by atoms with Crippen LogP contribution in [0, 0.1) is 11.3 Å². The average molecular weight is 383 g/mol. The first-order chi connectivity index (χ1) is 11.7. The monoisotopic (exact) mass is 383 g/mol. The topological polar surface area (TPSA) is 64.8 Å². The molecule has 0 saturated heterocycles. The lowest BCUT2D eigenvalue weighted by atomic mass is 10.3. The third kappa shape index (κ3) is 5.04. The number of halogens is 3. The number of anilines is 1. The van der Waals surface area contributed by atoms with Crippen LogP contribution in [0.5, 0.6) is 0 Å². The maximum Gasteiger partial charge on any atom is 0.435 e. The Bertz CT molecular complexity index is 813. The van der Waals surface area contributed by atoms with Crippen molar-refractivity contribution in [1.82, 2.24) is 15.1 Å². The summed E-state index contributed by atoms with van der Waals surface area (Å²) < 4.78 is 37.9. The molecule has 0 fully saturated rings. The Morgan fingerprint density at radius 1 is 1.24 bits per heavy atom. The largest absolute Gasteiger partial charge is 0.435 e. The lowest BCUT2D eigenvalue weighted by Gasteiger charge is -2.15. The first kappa shape index (κ1) is 19.0. The number of thiocarbonyl (C=S) groups is 1. The van der Waals surface area contributed by atoms with Crippen LogP contribution in [0.3, 0.4) is 0 Å². The van der Waals surface area contributed by atoms with Gasteiger partial charge in [0.25, 0.3) is 0 Å². The van der Waals surface area contributed by atoms with Crippen LogP contribution in [0.25, 0.3) is 0 Å². The highest BCUT2D eigenvalue weighted by Gasteiger charge is 2.34. The van der Waals surface area contributed by atoms with Crippen molar-refractivity contribution in [3.05, 3.63) is 41.6 Å². The van der Waals surface area contributed by atoms with Crippen molar-refractivity contribution >= 4 is 34.8 Å². The van der Waals surface area contributed by atoms with Crippen molar-refractivity contribution in [2.75, 3.05) is 19.4 Å². The summed E-state index contributed by atoms with van der Waals surface area (Å²) >= 11 is 6.19. The number of hydrogen-bond acceptors (Lipinski definition) is 5. The second kappa shape index (κ2) is 7.67. The highest BCUT2D eigenvalue weighted by Crippen LogP contribution is 2.32. The maximum atomic E-state index is 12.6. The van der Waals surface area contributed by atoms with Gasteiger partial charge in [0.2, 0.25) is 0 Å². The van der Waals surface area contributed by atoms with Gasteiger partial charge in [0.05, 0.1) is 5.56 Å². The standard InChI is InChI=1S/C15H12F3N5S2/c1-23(2)14(24)20-10-3-5-11(6-4-10)25-13-9(8-19)7-12(21-22-13)15(16,17)18/h3-7H,1-2H3,(H,20,24). The Kier molecular flexibility index (Phi) is 5.81. The molecule has 0 aliphatic heterocycles. The second-order valence-corrected chi connectivity index (χ2v) is 6.46. The Morgan fingerprint density at radius 2 is 1.88 bits per heavy atom. The third-order valence-corrected chi connectivity index (χ3v) is 4.37. The van der Waals surface area contributed by atoms with E-state index in [1.807, 2.05) is 14.1 Å². The minimum absolute atomic E-state index is 0.111. The summed E-state index contributed by atoms with van der Waals surface area (Å²) in [4.78, 5) is 2.45. The Hall–Kier alpha value is -2.38. The number of rotatable bonds is 3. The van der Waals surface area contributed by atoms with Gasteiger partial charge in [-0.05, 0) is 42.5 Å². The van der Waals surface area contributed by atoms with E-state index in [0.29, 0.717) is 16.1 Å². The molecule has 0 bridgehead atoms. The van der Waals surface area contributed by atoms with Crippen molar-refractivity contribution in [3.63, 3.8) is 0 Å². The van der Waals surface area contributed by atoms with Crippen molar-refractivity contribution < 1.29 is 13.2 Å². The first-order valence-corrected chi connectivity index (χ1v) is 8.04. The molecule has 0 atom stereocenters. The summed E-state index contributed by atoms with van der Waals surface area (Å²) in [6.45, 7) is 0. The van der Waals surface area contributed by atoms with E-state index in [1.54, 1.807) is 35.2 Å². The fraction of sp³-hybridized carbons (Fsp3) is 0.200. The Morgan fingerprint density at radius 3 is 2.40 bits per heavy atom. The summed E-state index contributed by atoms with van der Waals surface area (Å²) in [7, 11) is 3.62. The second-order valence-electron chi connectivity index (χ2n) is 5.01. The predicted octanol–water partition coefficient (Wildman–Crippen LogP) is 3.78. The van der Waals surface area contributed by atoms with Crippen LogP contribution < -0.4 is 5.32 Å². The van der Waals surface area contributed by atoms with E-state index in [-0.39, 0.29) is 10.6 Å². The van der Waals surface area contributed by atoms with Crippen molar-refractivity contribution in [2.45, 2.75) is 16.1 Å². The number of hydrogen-bond donors (Lipinski definition) is 1. The minimum Gasteiger partial charge on any atom is -0.355 e. The number of alkyl halides is 3. The molecule has 0 saturated carbocycles. The predicted molar refractivity (Wildman–Crippen MR) is 92.2 cm³/mol. The van der Waals surface area contributed by atoms with Gasteiger partial charge in [-0.15, -0.1) is 10.2 Å². The molecule has 0 spiro atoms. The molecule has 0 aliphatic rings. The van der Waals surface area contributed by atoms with Crippen LogP contribution in [-0.2, 0) is 6.18 Å². The van der Waals surface area contributed by atoms with Gasteiger partial charge in [0.15, 0.2) is 10.8 Å². The van der Waals surface area contributed by atoms with Crippen LogP contribution in [-0.4, -0.2) is 34.3 Å². The van der Waals surface area contributed by atoms with Gasteiger partial charge in [-0.2, -0.15) is 18.4 Å². The van der Waals surface area contributed by atoms with Gasteiger partial charge in [0.1, 0.15) is 11.1 Å². The van der Waals surface area contributed by atoms with Crippen LogP contribution in [0.15, 0.2) is 40.3 Å². The molecule has 0 amide bonds. The van der Waals surface area contributed by atoms with Crippen LogP contribution in [0.2, 0.25) is 0 Å². The first-order valence-electron chi connectivity index (χ1n) is 6.82. The van der Waals surface area contributed by atoms with Crippen LogP contribution in [0.4, 0.5) is 18.9 Å². The van der Waals surface area contributed by atoms with Crippen molar-refractivity contribution in [2.24, 2.45) is 0 Å². The zero-order valence-electron chi connectivity index (χ0n) is 13.1. The molecule has 0 aliphatic carbocycles. The molecular formula is C15H12F3N5S2. The van der Waals surface area contributed by atoms with Crippen molar-refractivity contribution in [1.29, 1.82) is 5.26 Å². The molecule has 1 aromatic carbocycles. The number of benzene rings is 1. The SMILES string of the molecule is CN(C)C(=S)Nc1ccc(Sc2nnc(C(F)(F)F)cc2C#N)cc1. The summed E-state index contributed by atoms with van der Waals surface area (Å²) in [6.07, 6.45) is -4.64. The highest BCUT2D eigenvalue weighted by atomic mass is 32.2. The normalized spacial score (nSPS) is 10.9. The van der Waals surface area contributed by atoms with E-state index < -0.39 is 11.9 Å². The molecule has 1 aromatic heterocycles. The summed E-state index contributed by atoms with van der Waals surface area (Å²) in [6, 6.07) is 9.43. The fourth-order valence-corrected chi connectivity index (χ4v) is 2.54. The maximum absolute atomic E-state index is 12.6. The molecular weight excluding hydrogens is 371 g/mol. The van der Waals surface area contributed by atoms with Gasteiger partial charge in [-0.1, -0.05) is 11.8 Å². The molecule has 5 nitrogen and oxygen atoms in total. The summed E-state index contributed by atoms with van der Waals surface area (Å²) in [5.41, 5.74) is -0.601. The van der Waals surface area contributed by atoms with E-state index in [0.717, 1.165) is 17.4 Å². The molecule has 2 rings (SSSR count). The quantitative estimate of drug-likeness (QED) is 0.809. The molecule has 0 radical (unpaired) electrons. The lowest BCUT2D eigenvalue weighted by Crippen LogP contribution is -2.26. The average Bonchev–Trinajstić information content (AvgIpc) is 2.55. The van der Waals surface area contributed by atoms with Gasteiger partial charge in [-0.25, -0.2) is 0 Å². The van der Waals surface area contributed by atoms with Gasteiger partial charge >= 0.3 is 6.18 Å². The zero-order valence-corrected chi connectivity index (χ0v) is 14.8. The minimum atomic E-state index is -4.64. The number of nitrogens with one attached hydrogen (secondary N) is 1. The van der Waals surface area contributed by atoms with E-state index in [2.05, 4.69) is 15.5 Å². The van der Waals surface area contributed by atoms with E-state index >= 15 is 0 Å². The fourth-order valence-electron chi connectivity index (χ4n) is 1.63. The summed E-state index contributed by atoms with van der Waals surface area (Å²) in [5.74, 6) is 0. The van der Waals surface area contributed by atoms with E-state index in [4.69, 9.17) is 17.5 Å². The number of aromatic nitrogens is 2. The lowest BCUT2D eigenvalue weighted by molar-refractivity contribution is -0.141. The molecule has 1 heterocycles. The van der Waals surface area contributed by atoms with Gasteiger partial charge in [0, 0.05) is 24.7 Å². The molecule has 2 aromatic rings. The number of nitriles is 1. The molecule has 1 N–H and O–H groups in total. The van der Waals surface area contributed by atoms with E-state index in [1.165, 1.54) is 0 Å². The molecule has 0 unspecified atom stereocenters. The zero-order chi connectivity index (χ0) is 18.6. The Labute approximate surface area is 151 Å². The number of nitrogens with zero attached hydrogens (tertiary/aromatic N) is 4. The van der Waals surface area contributed by atoms with Crippen molar-refractivity contribution in [3.8, 4) is 6.07 Å². The molecule has 10 heteroatoms. The third-order valence-electron chi connectivity index (χ3n) is 2.90. The molecule has 130 valence electrons. The summed E-state index contributed by atoms with van der Waals surface area (Å²) in [5, 5.41) is 19.4.